The van der Waals surface area contributed by atoms with Gasteiger partial charge in [0, 0.05) is 19.0 Å². The van der Waals surface area contributed by atoms with Crippen LogP contribution in [0, 0.1) is 4.77 Å². The lowest BCUT2D eigenvalue weighted by atomic mass is 9.82. The first-order chi connectivity index (χ1) is 10.4. The number of hydrogen-bond donors (Lipinski definition) is 3. The Bertz CT molecular complexity index is 558. The molecule has 2 rings (SSSR count). The zero-order valence-corrected chi connectivity index (χ0v) is 14.2. The molecular weight excluding hydrogens is 300 g/mol. The van der Waals surface area contributed by atoms with Crippen LogP contribution in [0.4, 0.5) is 0 Å². The molecule has 0 aromatic carbocycles. The Morgan fingerprint density at radius 1 is 1.45 bits per heavy atom. The van der Waals surface area contributed by atoms with Crippen molar-refractivity contribution >= 4 is 18.1 Å². The first kappa shape index (κ1) is 17.1. The molecule has 124 valence electrons. The topological polar surface area (TPSA) is 82.9 Å². The Kier molecular flexibility index (Phi) is 5.74. The quantitative estimate of drug-likeness (QED) is 0.700. The summed E-state index contributed by atoms with van der Waals surface area (Å²) >= 11 is 5.21. The number of carbonyl (C=O) groups excluding carboxylic acids is 1. The van der Waals surface area contributed by atoms with E-state index in [1.165, 1.54) is 0 Å². The van der Waals surface area contributed by atoms with Gasteiger partial charge in [-0.2, -0.15) is 5.10 Å². The van der Waals surface area contributed by atoms with Crippen LogP contribution in [0.3, 0.4) is 0 Å². The molecule has 6 nitrogen and oxygen atoms in total. The van der Waals surface area contributed by atoms with Crippen molar-refractivity contribution in [1.82, 2.24) is 20.1 Å². The van der Waals surface area contributed by atoms with E-state index >= 15 is 0 Å². The highest BCUT2D eigenvalue weighted by molar-refractivity contribution is 7.71. The van der Waals surface area contributed by atoms with Gasteiger partial charge in [-0.15, -0.1) is 0 Å². The van der Waals surface area contributed by atoms with Gasteiger partial charge in [0.25, 0.3) is 0 Å². The maximum absolute atomic E-state index is 12.0. The molecule has 0 aliphatic heterocycles. The van der Waals surface area contributed by atoms with Crippen molar-refractivity contribution in [2.24, 2.45) is 0 Å². The molecule has 0 bridgehead atoms. The van der Waals surface area contributed by atoms with E-state index in [4.69, 9.17) is 12.2 Å². The van der Waals surface area contributed by atoms with Crippen LogP contribution in [0.25, 0.3) is 0 Å². The van der Waals surface area contributed by atoms with Crippen molar-refractivity contribution in [2.75, 3.05) is 6.54 Å². The van der Waals surface area contributed by atoms with Gasteiger partial charge in [-0.1, -0.05) is 33.1 Å². The smallest absolute Gasteiger partial charge is 0.222 e. The predicted octanol–water partition coefficient (Wildman–Crippen LogP) is 2.27. The summed E-state index contributed by atoms with van der Waals surface area (Å²) in [7, 11) is 0. The second-order valence-electron chi connectivity index (χ2n) is 6.51. The lowest BCUT2D eigenvalue weighted by molar-refractivity contribution is -0.127. The number of nitrogens with zero attached hydrogens (tertiary/aromatic N) is 2. The number of aromatic amines is 1. The van der Waals surface area contributed by atoms with Gasteiger partial charge in [0.2, 0.25) is 5.91 Å². The lowest BCUT2D eigenvalue weighted by Gasteiger charge is -2.31. The predicted molar refractivity (Wildman–Crippen MR) is 87.2 cm³/mol. The monoisotopic (exact) mass is 326 g/mol. The normalized spacial score (nSPS) is 17.6. The SMILES string of the molecule is CC(C)c1n[nH]c(=S)n1CCNC(=O)CC1(O)CCCCC1. The number of aromatic nitrogens is 3. The molecule has 1 amide bonds. The van der Waals surface area contributed by atoms with E-state index < -0.39 is 5.60 Å². The molecule has 22 heavy (non-hydrogen) atoms. The highest BCUT2D eigenvalue weighted by atomic mass is 32.1. The van der Waals surface area contributed by atoms with Crippen molar-refractivity contribution in [3.05, 3.63) is 10.6 Å². The Morgan fingerprint density at radius 3 is 2.77 bits per heavy atom. The van der Waals surface area contributed by atoms with Crippen LogP contribution in [0.2, 0.25) is 0 Å². The van der Waals surface area contributed by atoms with Gasteiger partial charge < -0.3 is 15.0 Å². The van der Waals surface area contributed by atoms with Gasteiger partial charge in [0.1, 0.15) is 5.82 Å². The molecule has 0 saturated heterocycles. The van der Waals surface area contributed by atoms with Crippen molar-refractivity contribution in [3.63, 3.8) is 0 Å². The second kappa shape index (κ2) is 7.37. The minimum absolute atomic E-state index is 0.0921. The van der Waals surface area contributed by atoms with Crippen molar-refractivity contribution in [3.8, 4) is 0 Å². The molecule has 0 spiro atoms. The van der Waals surface area contributed by atoms with Gasteiger partial charge in [-0.05, 0) is 25.1 Å². The molecule has 1 fully saturated rings. The number of H-pyrrole nitrogens is 1. The van der Waals surface area contributed by atoms with Crippen LogP contribution in [-0.4, -0.2) is 37.9 Å². The zero-order chi connectivity index (χ0) is 16.2. The summed E-state index contributed by atoms with van der Waals surface area (Å²) < 4.78 is 2.49. The molecule has 3 N–H and O–H groups in total. The first-order valence-corrected chi connectivity index (χ1v) is 8.46. The van der Waals surface area contributed by atoms with Gasteiger partial charge in [0.05, 0.1) is 12.0 Å². The maximum atomic E-state index is 12.0. The number of aliphatic hydroxyl groups is 1. The zero-order valence-electron chi connectivity index (χ0n) is 13.4. The van der Waals surface area contributed by atoms with E-state index in [1.54, 1.807) is 0 Å². The molecule has 1 heterocycles. The molecular formula is C15H26N4O2S. The summed E-state index contributed by atoms with van der Waals surface area (Å²) in [6, 6.07) is 0. The number of nitrogens with one attached hydrogen (secondary N) is 2. The van der Waals surface area contributed by atoms with Crippen LogP contribution in [0.15, 0.2) is 0 Å². The number of rotatable bonds is 6. The molecule has 0 unspecified atom stereocenters. The minimum Gasteiger partial charge on any atom is -0.389 e. The highest BCUT2D eigenvalue weighted by Crippen LogP contribution is 2.30. The van der Waals surface area contributed by atoms with Crippen molar-refractivity contribution in [2.45, 2.75) is 70.4 Å². The Hall–Kier alpha value is -1.21. The van der Waals surface area contributed by atoms with Crippen LogP contribution in [0.5, 0.6) is 0 Å². The summed E-state index contributed by atoms with van der Waals surface area (Å²) in [4.78, 5) is 12.0. The molecule has 0 atom stereocenters. The molecule has 1 aromatic heterocycles. The fraction of sp³-hybridized carbons (Fsp3) is 0.800. The maximum Gasteiger partial charge on any atom is 0.222 e. The van der Waals surface area contributed by atoms with Crippen LogP contribution < -0.4 is 5.32 Å². The van der Waals surface area contributed by atoms with E-state index in [1.807, 2.05) is 4.57 Å². The van der Waals surface area contributed by atoms with Crippen LogP contribution >= 0.6 is 12.2 Å². The number of carbonyl (C=O) groups is 1. The summed E-state index contributed by atoms with van der Waals surface area (Å²) in [5.41, 5.74) is -0.808. The van der Waals surface area contributed by atoms with E-state index in [9.17, 15) is 9.90 Å². The Morgan fingerprint density at radius 2 is 2.14 bits per heavy atom. The third-order valence-corrected chi connectivity index (χ3v) is 4.55. The summed E-state index contributed by atoms with van der Waals surface area (Å²) in [5.74, 6) is 1.07. The molecule has 1 saturated carbocycles. The van der Waals surface area contributed by atoms with Crippen LogP contribution in [-0.2, 0) is 11.3 Å². The molecule has 1 aliphatic carbocycles. The average Bonchev–Trinajstić information content (AvgIpc) is 2.81. The fourth-order valence-electron chi connectivity index (χ4n) is 3.04. The number of hydrogen-bond acceptors (Lipinski definition) is 4. The van der Waals surface area contributed by atoms with Crippen molar-refractivity contribution < 1.29 is 9.90 Å². The molecule has 1 aliphatic rings. The summed E-state index contributed by atoms with van der Waals surface area (Å²) in [5, 5.41) is 20.3. The minimum atomic E-state index is -0.808. The highest BCUT2D eigenvalue weighted by Gasteiger charge is 2.31. The lowest BCUT2D eigenvalue weighted by Crippen LogP contribution is -2.39. The van der Waals surface area contributed by atoms with E-state index in [-0.39, 0.29) is 18.2 Å². The van der Waals surface area contributed by atoms with Gasteiger partial charge >= 0.3 is 0 Å². The van der Waals surface area contributed by atoms with Gasteiger partial charge in [-0.25, -0.2) is 0 Å². The largest absolute Gasteiger partial charge is 0.389 e. The van der Waals surface area contributed by atoms with E-state index in [0.29, 0.717) is 17.9 Å². The van der Waals surface area contributed by atoms with Gasteiger partial charge in [0.15, 0.2) is 4.77 Å². The first-order valence-electron chi connectivity index (χ1n) is 8.05. The molecule has 7 heteroatoms. The number of amides is 1. The standard InChI is InChI=1S/C15H26N4O2S/c1-11(2)13-17-18-14(22)19(13)9-8-16-12(20)10-15(21)6-4-3-5-7-15/h11,21H,3-10H2,1-2H3,(H,16,20)(H,18,22). The van der Waals surface area contributed by atoms with Gasteiger partial charge in [-0.3, -0.25) is 9.89 Å². The molecule has 0 radical (unpaired) electrons. The van der Waals surface area contributed by atoms with E-state index in [2.05, 4.69) is 29.4 Å². The Balaban J connectivity index is 1.82. The van der Waals surface area contributed by atoms with Crippen molar-refractivity contribution in [1.29, 1.82) is 0 Å². The van der Waals surface area contributed by atoms with E-state index in [0.717, 1.165) is 37.9 Å². The third-order valence-electron chi connectivity index (χ3n) is 4.24. The summed E-state index contributed by atoms with van der Waals surface area (Å²) in [6.45, 7) is 5.19. The average molecular weight is 326 g/mol. The van der Waals surface area contributed by atoms with Crippen LogP contribution in [0.1, 0.15) is 64.1 Å². The fourth-order valence-corrected chi connectivity index (χ4v) is 3.27. The summed E-state index contributed by atoms with van der Waals surface area (Å²) in [6.07, 6.45) is 4.81. The Labute approximate surface area is 136 Å². The molecule has 1 aromatic rings. The third kappa shape index (κ3) is 4.39. The second-order valence-corrected chi connectivity index (χ2v) is 6.89.